The molecule has 2 amide bonds. The highest BCUT2D eigenvalue weighted by Crippen LogP contribution is 2.35. The lowest BCUT2D eigenvalue weighted by Gasteiger charge is -2.19. The Balaban J connectivity index is 1.89. The summed E-state index contributed by atoms with van der Waals surface area (Å²) in [5.41, 5.74) is 7.11. The molecule has 0 saturated carbocycles. The monoisotopic (exact) mass is 535 g/mol. The molecule has 0 unspecified atom stereocenters. The molecular formula is C31H35F2N3O3. The van der Waals surface area contributed by atoms with Crippen molar-refractivity contribution in [3.8, 4) is 11.1 Å². The van der Waals surface area contributed by atoms with E-state index in [0.29, 0.717) is 5.56 Å². The zero-order chi connectivity index (χ0) is 28.9. The number of hydrogen-bond donors (Lipinski definition) is 4. The average molecular weight is 536 g/mol. The summed E-state index contributed by atoms with van der Waals surface area (Å²) in [6.45, 7) is 11.1. The fourth-order valence-electron chi connectivity index (χ4n) is 4.49. The van der Waals surface area contributed by atoms with E-state index in [1.54, 1.807) is 6.07 Å². The van der Waals surface area contributed by atoms with E-state index < -0.39 is 17.7 Å². The second-order valence-corrected chi connectivity index (χ2v) is 9.88. The summed E-state index contributed by atoms with van der Waals surface area (Å²) in [7, 11) is 0. The van der Waals surface area contributed by atoms with Crippen molar-refractivity contribution in [2.75, 3.05) is 5.32 Å². The van der Waals surface area contributed by atoms with Crippen molar-refractivity contribution >= 4 is 17.5 Å². The molecule has 0 saturated heterocycles. The van der Waals surface area contributed by atoms with Crippen LogP contribution in [0.4, 0.5) is 14.5 Å². The quantitative estimate of drug-likeness (QED) is 0.173. The van der Waals surface area contributed by atoms with Crippen LogP contribution in [0.1, 0.15) is 72.6 Å². The van der Waals surface area contributed by atoms with E-state index in [1.807, 2.05) is 49.7 Å². The van der Waals surface area contributed by atoms with E-state index in [4.69, 9.17) is 0 Å². The molecule has 39 heavy (non-hydrogen) atoms. The molecule has 0 heterocycles. The van der Waals surface area contributed by atoms with Crippen molar-refractivity contribution in [2.24, 2.45) is 0 Å². The number of rotatable bonds is 9. The third-order valence-electron chi connectivity index (χ3n) is 6.69. The third kappa shape index (κ3) is 6.70. The first-order chi connectivity index (χ1) is 18.4. The highest BCUT2D eigenvalue weighted by Gasteiger charge is 2.29. The summed E-state index contributed by atoms with van der Waals surface area (Å²) in [6.07, 6.45) is -0.387. The molecule has 0 aromatic heterocycles. The van der Waals surface area contributed by atoms with Gasteiger partial charge in [-0.15, -0.1) is 0 Å². The topological polar surface area (TPSA) is 90.5 Å². The molecule has 3 aromatic carbocycles. The molecule has 0 atom stereocenters. The summed E-state index contributed by atoms with van der Waals surface area (Å²) >= 11 is 0. The van der Waals surface area contributed by atoms with Gasteiger partial charge in [-0.2, -0.15) is 0 Å². The molecule has 3 aromatic rings. The van der Waals surface area contributed by atoms with Crippen LogP contribution in [0.3, 0.4) is 0 Å². The smallest absolute Gasteiger partial charge is 0.275 e. The lowest BCUT2D eigenvalue weighted by Crippen LogP contribution is -2.31. The van der Waals surface area contributed by atoms with E-state index in [-0.39, 0.29) is 35.0 Å². The van der Waals surface area contributed by atoms with Crippen molar-refractivity contribution in [3.05, 3.63) is 99.9 Å². The molecular weight excluding hydrogens is 500 g/mol. The minimum Gasteiger partial charge on any atom is -0.324 e. The number of anilines is 1. The number of nitrogens with one attached hydrogen (secondary N) is 3. The van der Waals surface area contributed by atoms with E-state index >= 15 is 0 Å². The predicted molar refractivity (Wildman–Crippen MR) is 150 cm³/mol. The standard InChI is InChI=1S/C31H35F2N3O3/c1-7-31(32,33)23-12-9-13-24(17-23)35-30(38)28(36-39)21(6)34-29(37)22-14-15-25(18(2)3)26(16-22)27-19(4)10-8-11-20(27)5/h8-18,36,39H,7H2,1-6H3,(H,34,37)(H,35,38)/b28-21-. The molecule has 0 radical (unpaired) electrons. The maximum atomic E-state index is 14.1. The van der Waals surface area contributed by atoms with E-state index in [2.05, 4.69) is 24.5 Å². The van der Waals surface area contributed by atoms with Crippen LogP contribution in [0.25, 0.3) is 11.1 Å². The number of aryl methyl sites for hydroxylation is 2. The van der Waals surface area contributed by atoms with Gasteiger partial charge in [0.05, 0.1) is 0 Å². The Bertz CT molecular complexity index is 1390. The summed E-state index contributed by atoms with van der Waals surface area (Å²) in [5, 5.41) is 14.8. The molecule has 0 aliphatic rings. The third-order valence-corrected chi connectivity index (χ3v) is 6.69. The number of halogens is 2. The van der Waals surface area contributed by atoms with Gasteiger partial charge in [0, 0.05) is 28.9 Å². The van der Waals surface area contributed by atoms with Gasteiger partial charge in [-0.1, -0.05) is 57.2 Å². The number of alkyl halides is 2. The van der Waals surface area contributed by atoms with Crippen LogP contribution < -0.4 is 16.1 Å². The Labute approximate surface area is 228 Å². The van der Waals surface area contributed by atoms with E-state index in [9.17, 15) is 23.6 Å². The molecule has 6 nitrogen and oxygen atoms in total. The summed E-state index contributed by atoms with van der Waals surface area (Å²) in [6, 6.07) is 16.9. The molecule has 0 bridgehead atoms. The van der Waals surface area contributed by atoms with Crippen molar-refractivity contribution in [1.29, 1.82) is 0 Å². The second-order valence-electron chi connectivity index (χ2n) is 9.88. The van der Waals surface area contributed by atoms with Crippen molar-refractivity contribution in [3.63, 3.8) is 0 Å². The summed E-state index contributed by atoms with van der Waals surface area (Å²) in [5.74, 6) is -4.10. The van der Waals surface area contributed by atoms with Crippen LogP contribution >= 0.6 is 0 Å². The second kappa shape index (κ2) is 12.2. The van der Waals surface area contributed by atoms with Crippen LogP contribution in [-0.2, 0) is 10.7 Å². The van der Waals surface area contributed by atoms with Crippen LogP contribution in [0.15, 0.2) is 72.1 Å². The van der Waals surface area contributed by atoms with E-state index in [0.717, 1.165) is 27.8 Å². The first-order valence-electron chi connectivity index (χ1n) is 12.8. The number of hydrogen-bond acceptors (Lipinski definition) is 4. The number of benzene rings is 3. The van der Waals surface area contributed by atoms with Gasteiger partial charge < -0.3 is 10.6 Å². The van der Waals surface area contributed by atoms with E-state index in [1.165, 1.54) is 38.1 Å². The molecule has 206 valence electrons. The Kier molecular flexibility index (Phi) is 9.24. The highest BCUT2D eigenvalue weighted by atomic mass is 19.3. The number of allylic oxidation sites excluding steroid dienone is 1. The Morgan fingerprint density at radius 3 is 2.21 bits per heavy atom. The lowest BCUT2D eigenvalue weighted by atomic mass is 9.87. The molecule has 0 aliphatic carbocycles. The van der Waals surface area contributed by atoms with Gasteiger partial charge in [0.15, 0.2) is 0 Å². The Hall–Kier alpha value is -4.04. The van der Waals surface area contributed by atoms with Crippen LogP contribution in [0.2, 0.25) is 0 Å². The molecule has 3 rings (SSSR count). The van der Waals surface area contributed by atoms with Gasteiger partial charge >= 0.3 is 0 Å². The molecule has 0 aliphatic heterocycles. The van der Waals surface area contributed by atoms with Crippen molar-refractivity contribution < 1.29 is 23.6 Å². The Morgan fingerprint density at radius 1 is 0.974 bits per heavy atom. The predicted octanol–water partition coefficient (Wildman–Crippen LogP) is 7.17. The lowest BCUT2D eigenvalue weighted by molar-refractivity contribution is -0.114. The van der Waals surface area contributed by atoms with Crippen LogP contribution in [0, 0.1) is 13.8 Å². The number of hydroxylamine groups is 1. The molecule has 0 fully saturated rings. The van der Waals surface area contributed by atoms with Crippen LogP contribution in [-0.4, -0.2) is 17.0 Å². The zero-order valence-electron chi connectivity index (χ0n) is 23.1. The minimum atomic E-state index is -3.04. The molecule has 4 N–H and O–H groups in total. The van der Waals surface area contributed by atoms with Gasteiger partial charge in [-0.3, -0.25) is 20.3 Å². The van der Waals surface area contributed by atoms with Gasteiger partial charge in [0.2, 0.25) is 0 Å². The van der Waals surface area contributed by atoms with Crippen molar-refractivity contribution in [1.82, 2.24) is 10.8 Å². The first kappa shape index (κ1) is 29.5. The van der Waals surface area contributed by atoms with Gasteiger partial charge in [0.1, 0.15) is 5.70 Å². The largest absolute Gasteiger partial charge is 0.324 e. The summed E-state index contributed by atoms with van der Waals surface area (Å²) < 4.78 is 28.2. The fraction of sp³-hybridized carbons (Fsp3) is 0.290. The normalized spacial score (nSPS) is 12.2. The molecule has 0 spiro atoms. The maximum absolute atomic E-state index is 14.1. The maximum Gasteiger partial charge on any atom is 0.275 e. The first-order valence-corrected chi connectivity index (χ1v) is 12.8. The number of carbonyl (C=O) groups excluding carboxylic acids is 2. The van der Waals surface area contributed by atoms with Crippen molar-refractivity contribution in [2.45, 2.75) is 59.8 Å². The molecule has 8 heteroatoms. The average Bonchev–Trinajstić information content (AvgIpc) is 2.89. The fourth-order valence-corrected chi connectivity index (χ4v) is 4.49. The van der Waals surface area contributed by atoms with Gasteiger partial charge in [-0.25, -0.2) is 8.78 Å². The highest BCUT2D eigenvalue weighted by molar-refractivity contribution is 6.05. The van der Waals surface area contributed by atoms with Gasteiger partial charge in [-0.05, 0) is 78.8 Å². The SMILES string of the molecule is CCC(F)(F)c1cccc(NC(=O)/C(NO)=C(\C)NC(=O)c2ccc(C(C)C)c(-c3c(C)cccc3C)c2)c1. The van der Waals surface area contributed by atoms with Gasteiger partial charge in [0.25, 0.3) is 17.7 Å². The number of carbonyl (C=O) groups is 2. The number of amides is 2. The minimum absolute atomic E-state index is 0.0524. The Morgan fingerprint density at radius 2 is 1.62 bits per heavy atom. The zero-order valence-corrected chi connectivity index (χ0v) is 23.1. The van der Waals surface area contributed by atoms with Crippen LogP contribution in [0.5, 0.6) is 0 Å². The summed E-state index contributed by atoms with van der Waals surface area (Å²) in [4.78, 5) is 26.0.